The highest BCUT2D eigenvalue weighted by molar-refractivity contribution is 9.10. The standard InChI is InChI=1S/C15H21BrN2O3/c1-9(17)3-4-15(19)18-10(2)11-7-13-14(8-12(11)16)21-6-5-20-13/h7-10H,3-6,17H2,1-2H3,(H,18,19). The lowest BCUT2D eigenvalue weighted by Crippen LogP contribution is -2.28. The molecule has 116 valence electrons. The van der Waals surface area contributed by atoms with E-state index in [1.807, 2.05) is 26.0 Å². The third-order valence-electron chi connectivity index (χ3n) is 3.33. The van der Waals surface area contributed by atoms with Gasteiger partial charge in [0.2, 0.25) is 5.91 Å². The minimum Gasteiger partial charge on any atom is -0.486 e. The van der Waals surface area contributed by atoms with Gasteiger partial charge in [-0.3, -0.25) is 4.79 Å². The van der Waals surface area contributed by atoms with Crippen molar-refractivity contribution in [2.24, 2.45) is 5.73 Å². The number of nitrogens with two attached hydrogens (primary N) is 1. The van der Waals surface area contributed by atoms with Crippen molar-refractivity contribution in [1.29, 1.82) is 0 Å². The monoisotopic (exact) mass is 356 g/mol. The fraction of sp³-hybridized carbons (Fsp3) is 0.533. The number of nitrogens with one attached hydrogen (secondary N) is 1. The van der Waals surface area contributed by atoms with Gasteiger partial charge in [-0.25, -0.2) is 0 Å². The van der Waals surface area contributed by atoms with Gasteiger partial charge in [-0.15, -0.1) is 0 Å². The van der Waals surface area contributed by atoms with E-state index in [1.54, 1.807) is 0 Å². The molecule has 2 unspecified atom stereocenters. The van der Waals surface area contributed by atoms with Crippen LogP contribution in [-0.2, 0) is 4.79 Å². The van der Waals surface area contributed by atoms with Gasteiger partial charge in [0.1, 0.15) is 13.2 Å². The maximum Gasteiger partial charge on any atom is 0.220 e. The summed E-state index contributed by atoms with van der Waals surface area (Å²) in [5.74, 6) is 1.45. The second kappa shape index (κ2) is 7.13. The molecular formula is C15H21BrN2O3. The number of hydrogen-bond acceptors (Lipinski definition) is 4. The molecule has 0 aliphatic carbocycles. The lowest BCUT2D eigenvalue weighted by molar-refractivity contribution is -0.121. The zero-order valence-electron chi connectivity index (χ0n) is 12.3. The maximum absolute atomic E-state index is 11.9. The number of benzene rings is 1. The van der Waals surface area contributed by atoms with Crippen LogP contribution in [0.4, 0.5) is 0 Å². The summed E-state index contributed by atoms with van der Waals surface area (Å²) in [7, 11) is 0. The van der Waals surface area contributed by atoms with Crippen LogP contribution >= 0.6 is 15.9 Å². The van der Waals surface area contributed by atoms with Crippen molar-refractivity contribution in [3.05, 3.63) is 22.2 Å². The van der Waals surface area contributed by atoms with Gasteiger partial charge in [0.05, 0.1) is 6.04 Å². The van der Waals surface area contributed by atoms with Crippen molar-refractivity contribution in [3.8, 4) is 11.5 Å². The summed E-state index contributed by atoms with van der Waals surface area (Å²) < 4.78 is 12.0. The molecule has 0 saturated heterocycles. The van der Waals surface area contributed by atoms with Crippen molar-refractivity contribution >= 4 is 21.8 Å². The molecule has 6 heteroatoms. The van der Waals surface area contributed by atoms with Gasteiger partial charge in [0.15, 0.2) is 11.5 Å². The van der Waals surface area contributed by atoms with E-state index in [1.165, 1.54) is 0 Å². The number of rotatable bonds is 5. The summed E-state index contributed by atoms with van der Waals surface area (Å²) >= 11 is 3.52. The number of fused-ring (bicyclic) bond motifs is 1. The second-order valence-electron chi connectivity index (χ2n) is 5.32. The second-order valence-corrected chi connectivity index (χ2v) is 6.18. The highest BCUT2D eigenvalue weighted by atomic mass is 79.9. The summed E-state index contributed by atoms with van der Waals surface area (Å²) in [4.78, 5) is 11.9. The van der Waals surface area contributed by atoms with E-state index in [4.69, 9.17) is 15.2 Å². The van der Waals surface area contributed by atoms with Crippen molar-refractivity contribution in [1.82, 2.24) is 5.32 Å². The average Bonchev–Trinajstić information content (AvgIpc) is 2.44. The first-order valence-corrected chi connectivity index (χ1v) is 7.90. The predicted molar refractivity (Wildman–Crippen MR) is 84.6 cm³/mol. The van der Waals surface area contributed by atoms with E-state index in [0.29, 0.717) is 26.1 Å². The number of carbonyl (C=O) groups excluding carboxylic acids is 1. The molecule has 1 aliphatic rings. The SMILES string of the molecule is CC(N)CCC(=O)NC(C)c1cc2c(cc1Br)OCCO2. The van der Waals surface area contributed by atoms with Crippen molar-refractivity contribution in [2.45, 2.75) is 38.8 Å². The number of halogens is 1. The smallest absolute Gasteiger partial charge is 0.220 e. The predicted octanol–water partition coefficient (Wildman–Crippen LogP) is 2.52. The van der Waals surface area contributed by atoms with Crippen LogP contribution in [0.25, 0.3) is 0 Å². The normalized spacial score (nSPS) is 16.2. The molecule has 1 heterocycles. The van der Waals surface area contributed by atoms with E-state index in [0.717, 1.165) is 21.5 Å². The van der Waals surface area contributed by atoms with Crippen LogP contribution in [-0.4, -0.2) is 25.2 Å². The Labute approximate surface area is 133 Å². The van der Waals surface area contributed by atoms with Crippen molar-refractivity contribution in [3.63, 3.8) is 0 Å². The van der Waals surface area contributed by atoms with Crippen LogP contribution in [0.15, 0.2) is 16.6 Å². The molecule has 2 rings (SSSR count). The maximum atomic E-state index is 11.9. The van der Waals surface area contributed by atoms with Crippen LogP contribution < -0.4 is 20.5 Å². The van der Waals surface area contributed by atoms with Crippen LogP contribution in [0.5, 0.6) is 11.5 Å². The fourth-order valence-electron chi connectivity index (χ4n) is 2.16. The van der Waals surface area contributed by atoms with Crippen molar-refractivity contribution in [2.75, 3.05) is 13.2 Å². The molecule has 1 aromatic carbocycles. The lowest BCUT2D eigenvalue weighted by atomic mass is 10.1. The van der Waals surface area contributed by atoms with Gasteiger partial charge in [-0.2, -0.15) is 0 Å². The average molecular weight is 357 g/mol. The fourth-order valence-corrected chi connectivity index (χ4v) is 2.83. The first-order chi connectivity index (χ1) is 9.97. The summed E-state index contributed by atoms with van der Waals surface area (Å²) in [6.07, 6.45) is 1.12. The summed E-state index contributed by atoms with van der Waals surface area (Å²) in [6, 6.07) is 3.71. The third kappa shape index (κ3) is 4.35. The van der Waals surface area contributed by atoms with Gasteiger partial charge in [0, 0.05) is 16.9 Å². The molecule has 21 heavy (non-hydrogen) atoms. The zero-order chi connectivity index (χ0) is 15.4. The van der Waals surface area contributed by atoms with E-state index in [2.05, 4.69) is 21.2 Å². The highest BCUT2D eigenvalue weighted by Gasteiger charge is 2.19. The van der Waals surface area contributed by atoms with Gasteiger partial charge in [0.25, 0.3) is 0 Å². The number of amides is 1. The Kier molecular flexibility index (Phi) is 5.47. The Morgan fingerprint density at radius 1 is 1.33 bits per heavy atom. The molecule has 0 bridgehead atoms. The molecule has 3 N–H and O–H groups in total. The molecule has 0 spiro atoms. The Morgan fingerprint density at radius 2 is 1.95 bits per heavy atom. The van der Waals surface area contributed by atoms with Crippen LogP contribution in [0.2, 0.25) is 0 Å². The van der Waals surface area contributed by atoms with E-state index in [9.17, 15) is 4.79 Å². The molecular weight excluding hydrogens is 336 g/mol. The summed E-state index contributed by atoms with van der Waals surface area (Å²) in [6.45, 7) is 4.94. The Morgan fingerprint density at radius 3 is 2.57 bits per heavy atom. The lowest BCUT2D eigenvalue weighted by Gasteiger charge is -2.22. The van der Waals surface area contributed by atoms with E-state index >= 15 is 0 Å². The van der Waals surface area contributed by atoms with Gasteiger partial charge in [-0.1, -0.05) is 15.9 Å². The minimum atomic E-state index is -0.115. The number of carbonyl (C=O) groups is 1. The molecule has 1 aliphatic heterocycles. The highest BCUT2D eigenvalue weighted by Crippen LogP contribution is 2.37. The van der Waals surface area contributed by atoms with Gasteiger partial charge < -0.3 is 20.5 Å². The largest absolute Gasteiger partial charge is 0.486 e. The van der Waals surface area contributed by atoms with E-state index in [-0.39, 0.29) is 18.0 Å². The Hall–Kier alpha value is -1.27. The zero-order valence-corrected chi connectivity index (χ0v) is 13.9. The quantitative estimate of drug-likeness (QED) is 0.849. The number of hydrogen-bond donors (Lipinski definition) is 2. The van der Waals surface area contributed by atoms with Gasteiger partial charge >= 0.3 is 0 Å². The Bertz CT molecular complexity index is 520. The molecule has 2 atom stereocenters. The third-order valence-corrected chi connectivity index (χ3v) is 4.02. The first-order valence-electron chi connectivity index (χ1n) is 7.11. The van der Waals surface area contributed by atoms with E-state index < -0.39 is 0 Å². The molecule has 1 amide bonds. The molecule has 0 radical (unpaired) electrons. The van der Waals surface area contributed by atoms with Crippen LogP contribution in [0.1, 0.15) is 38.3 Å². The Balaban J connectivity index is 2.05. The van der Waals surface area contributed by atoms with Crippen LogP contribution in [0.3, 0.4) is 0 Å². The molecule has 0 saturated carbocycles. The first kappa shape index (κ1) is 16.1. The van der Waals surface area contributed by atoms with Crippen molar-refractivity contribution < 1.29 is 14.3 Å². The molecule has 1 aromatic rings. The number of ether oxygens (including phenoxy) is 2. The molecule has 0 fully saturated rings. The van der Waals surface area contributed by atoms with Crippen LogP contribution in [0, 0.1) is 0 Å². The molecule has 5 nitrogen and oxygen atoms in total. The van der Waals surface area contributed by atoms with Gasteiger partial charge in [-0.05, 0) is 38.0 Å². The summed E-state index contributed by atoms with van der Waals surface area (Å²) in [5.41, 5.74) is 6.63. The topological polar surface area (TPSA) is 73.6 Å². The molecule has 0 aromatic heterocycles. The summed E-state index contributed by atoms with van der Waals surface area (Å²) in [5, 5.41) is 2.98. The minimum absolute atomic E-state index is 0.00147.